The lowest BCUT2D eigenvalue weighted by atomic mass is 10.4. The summed E-state index contributed by atoms with van der Waals surface area (Å²) in [5, 5.41) is 6.80. The maximum atomic E-state index is 12.2. The van der Waals surface area contributed by atoms with Gasteiger partial charge in [0.15, 0.2) is 0 Å². The molecule has 114 valence electrons. The Morgan fingerprint density at radius 2 is 2.14 bits per heavy atom. The molecule has 21 heavy (non-hydrogen) atoms. The molecule has 2 heterocycles. The minimum absolute atomic E-state index is 0.0831. The van der Waals surface area contributed by atoms with Crippen molar-refractivity contribution in [3.05, 3.63) is 35.9 Å². The predicted molar refractivity (Wildman–Crippen MR) is 78.3 cm³/mol. The fourth-order valence-corrected chi connectivity index (χ4v) is 2.69. The van der Waals surface area contributed by atoms with Gasteiger partial charge >= 0.3 is 0 Å². The van der Waals surface area contributed by atoms with Crippen molar-refractivity contribution in [3.63, 3.8) is 0 Å². The molecule has 0 fully saturated rings. The number of aromatic nitrogens is 2. The molecule has 0 radical (unpaired) electrons. The zero-order valence-electron chi connectivity index (χ0n) is 12.0. The number of nitrogens with zero attached hydrogens (tertiary/aromatic N) is 2. The van der Waals surface area contributed by atoms with E-state index >= 15 is 0 Å². The normalized spacial score (nSPS) is 11.5. The molecule has 0 aliphatic rings. The van der Waals surface area contributed by atoms with E-state index in [2.05, 4.69) is 20.2 Å². The summed E-state index contributed by atoms with van der Waals surface area (Å²) in [5.41, 5.74) is 0.537. The molecule has 0 bridgehead atoms. The van der Waals surface area contributed by atoms with E-state index in [1.807, 2.05) is 6.92 Å². The number of sulfonamides is 1. The molecule has 0 amide bonds. The molecule has 2 rings (SSSR count). The highest BCUT2D eigenvalue weighted by molar-refractivity contribution is 7.89. The van der Waals surface area contributed by atoms with Gasteiger partial charge in [-0.05, 0) is 19.4 Å². The number of nitrogens with one attached hydrogen (secondary N) is 2. The Morgan fingerprint density at radius 1 is 1.33 bits per heavy atom. The molecule has 7 nitrogen and oxygen atoms in total. The van der Waals surface area contributed by atoms with Crippen LogP contribution in [0.15, 0.2) is 33.8 Å². The van der Waals surface area contributed by atoms with Gasteiger partial charge in [0.05, 0.1) is 17.1 Å². The van der Waals surface area contributed by atoms with E-state index in [4.69, 9.17) is 4.52 Å². The topological polar surface area (TPSA) is 97.1 Å². The average molecular weight is 310 g/mol. The molecule has 8 heteroatoms. The van der Waals surface area contributed by atoms with Crippen LogP contribution >= 0.6 is 0 Å². The molecule has 0 saturated carbocycles. The first-order chi connectivity index (χ1) is 10.0. The lowest BCUT2D eigenvalue weighted by Crippen LogP contribution is -2.23. The van der Waals surface area contributed by atoms with Crippen LogP contribution in [0.4, 0.5) is 5.82 Å². The summed E-state index contributed by atoms with van der Waals surface area (Å²) >= 11 is 0. The SMILES string of the molecule is CCCNc1cc(S(=O)(=O)NCc2cc(C)on2)ccn1. The molecule has 0 saturated heterocycles. The van der Waals surface area contributed by atoms with Gasteiger partial charge in [0.25, 0.3) is 0 Å². The van der Waals surface area contributed by atoms with Gasteiger partial charge in [-0.3, -0.25) is 0 Å². The standard InChI is InChI=1S/C13H18N4O3S/c1-3-5-14-13-8-12(4-6-15-13)21(18,19)16-9-11-7-10(2)20-17-11/h4,6-8,16H,3,5,9H2,1-2H3,(H,14,15). The van der Waals surface area contributed by atoms with Crippen LogP contribution in [0.5, 0.6) is 0 Å². The first-order valence-corrected chi connectivity index (χ1v) is 8.11. The monoisotopic (exact) mass is 310 g/mol. The van der Waals surface area contributed by atoms with E-state index in [1.165, 1.54) is 18.3 Å². The van der Waals surface area contributed by atoms with Crippen molar-refractivity contribution in [2.24, 2.45) is 0 Å². The Balaban J connectivity index is 2.08. The fraction of sp³-hybridized carbons (Fsp3) is 0.385. The third kappa shape index (κ3) is 4.27. The van der Waals surface area contributed by atoms with Crippen LogP contribution in [0.3, 0.4) is 0 Å². The maximum Gasteiger partial charge on any atom is 0.241 e. The number of hydrogen-bond acceptors (Lipinski definition) is 6. The van der Waals surface area contributed by atoms with E-state index in [1.54, 1.807) is 13.0 Å². The Morgan fingerprint density at radius 3 is 2.81 bits per heavy atom. The molecule has 2 aromatic heterocycles. The Bertz CT molecular complexity index is 697. The van der Waals surface area contributed by atoms with Crippen molar-refractivity contribution >= 4 is 15.8 Å². The van der Waals surface area contributed by atoms with Gasteiger partial charge in [0.2, 0.25) is 10.0 Å². The Kier molecular flexibility index (Phi) is 4.92. The van der Waals surface area contributed by atoms with Crippen LogP contribution in [-0.2, 0) is 16.6 Å². The van der Waals surface area contributed by atoms with Gasteiger partial charge in [-0.2, -0.15) is 0 Å². The molecule has 0 aliphatic heterocycles. The molecular formula is C13H18N4O3S. The van der Waals surface area contributed by atoms with Crippen LogP contribution in [0.2, 0.25) is 0 Å². The lowest BCUT2D eigenvalue weighted by Gasteiger charge is -2.08. The molecule has 0 aromatic carbocycles. The molecule has 0 unspecified atom stereocenters. The molecule has 0 atom stereocenters. The Labute approximate surface area is 123 Å². The number of aryl methyl sites for hydroxylation is 1. The minimum Gasteiger partial charge on any atom is -0.370 e. The van der Waals surface area contributed by atoms with Crippen molar-refractivity contribution in [1.29, 1.82) is 0 Å². The van der Waals surface area contributed by atoms with Crippen molar-refractivity contribution in [3.8, 4) is 0 Å². The molecule has 2 N–H and O–H groups in total. The largest absolute Gasteiger partial charge is 0.370 e. The highest BCUT2D eigenvalue weighted by Crippen LogP contribution is 2.13. The van der Waals surface area contributed by atoms with Crippen LogP contribution in [0.25, 0.3) is 0 Å². The van der Waals surface area contributed by atoms with Crippen LogP contribution in [0, 0.1) is 6.92 Å². The number of rotatable bonds is 7. The number of hydrogen-bond donors (Lipinski definition) is 2. The van der Waals surface area contributed by atoms with E-state index in [0.717, 1.165) is 13.0 Å². The summed E-state index contributed by atoms with van der Waals surface area (Å²) in [6.45, 7) is 4.59. The van der Waals surface area contributed by atoms with E-state index in [0.29, 0.717) is 17.3 Å². The molecular weight excluding hydrogens is 292 g/mol. The second kappa shape index (κ2) is 6.68. The summed E-state index contributed by atoms with van der Waals surface area (Å²) in [6, 6.07) is 4.64. The van der Waals surface area contributed by atoms with Gasteiger partial charge in [0, 0.05) is 24.9 Å². The van der Waals surface area contributed by atoms with Crippen LogP contribution in [-0.4, -0.2) is 25.1 Å². The second-order valence-corrected chi connectivity index (χ2v) is 6.32. The van der Waals surface area contributed by atoms with Crippen molar-refractivity contribution in [2.45, 2.75) is 31.7 Å². The average Bonchev–Trinajstić information content (AvgIpc) is 2.89. The lowest BCUT2D eigenvalue weighted by molar-refractivity contribution is 0.390. The summed E-state index contributed by atoms with van der Waals surface area (Å²) in [7, 11) is -3.61. The van der Waals surface area contributed by atoms with Gasteiger partial charge in [-0.1, -0.05) is 12.1 Å². The Hall–Kier alpha value is -1.93. The second-order valence-electron chi connectivity index (χ2n) is 4.56. The third-order valence-corrected chi connectivity index (χ3v) is 4.12. The molecule has 0 aliphatic carbocycles. The maximum absolute atomic E-state index is 12.2. The van der Waals surface area contributed by atoms with E-state index < -0.39 is 10.0 Å². The van der Waals surface area contributed by atoms with Crippen molar-refractivity contribution < 1.29 is 12.9 Å². The summed E-state index contributed by atoms with van der Waals surface area (Å²) in [5.74, 6) is 1.18. The minimum atomic E-state index is -3.61. The third-order valence-electron chi connectivity index (χ3n) is 2.72. The van der Waals surface area contributed by atoms with E-state index in [-0.39, 0.29) is 11.4 Å². The zero-order valence-corrected chi connectivity index (χ0v) is 12.8. The van der Waals surface area contributed by atoms with Gasteiger partial charge in [0.1, 0.15) is 11.6 Å². The van der Waals surface area contributed by atoms with E-state index in [9.17, 15) is 8.42 Å². The number of anilines is 1. The predicted octanol–water partition coefficient (Wildman–Crippen LogP) is 1.68. The molecule has 2 aromatic rings. The number of pyridine rings is 1. The van der Waals surface area contributed by atoms with Crippen LogP contribution in [0.1, 0.15) is 24.8 Å². The van der Waals surface area contributed by atoms with Crippen LogP contribution < -0.4 is 10.0 Å². The fourth-order valence-electron chi connectivity index (χ4n) is 1.68. The zero-order chi connectivity index (χ0) is 15.3. The van der Waals surface area contributed by atoms with Crippen molar-refractivity contribution in [1.82, 2.24) is 14.9 Å². The van der Waals surface area contributed by atoms with Crippen molar-refractivity contribution in [2.75, 3.05) is 11.9 Å². The quantitative estimate of drug-likeness (QED) is 0.807. The van der Waals surface area contributed by atoms with Gasteiger partial charge in [-0.25, -0.2) is 18.1 Å². The summed E-state index contributed by atoms with van der Waals surface area (Å²) < 4.78 is 31.8. The smallest absolute Gasteiger partial charge is 0.241 e. The van der Waals surface area contributed by atoms with Gasteiger partial charge in [-0.15, -0.1) is 0 Å². The molecule has 0 spiro atoms. The first kappa shape index (κ1) is 15.5. The first-order valence-electron chi connectivity index (χ1n) is 6.63. The summed E-state index contributed by atoms with van der Waals surface area (Å²) in [6.07, 6.45) is 2.40. The highest BCUT2D eigenvalue weighted by Gasteiger charge is 2.15. The summed E-state index contributed by atoms with van der Waals surface area (Å²) in [4.78, 5) is 4.24. The van der Waals surface area contributed by atoms with Gasteiger partial charge < -0.3 is 9.84 Å². The highest BCUT2D eigenvalue weighted by atomic mass is 32.2.